The van der Waals surface area contributed by atoms with E-state index >= 15 is 0 Å². The van der Waals surface area contributed by atoms with E-state index in [0.717, 1.165) is 29.5 Å². The van der Waals surface area contributed by atoms with Crippen molar-refractivity contribution < 1.29 is 9.53 Å². The van der Waals surface area contributed by atoms with Gasteiger partial charge in [0.25, 0.3) is 0 Å². The van der Waals surface area contributed by atoms with Crippen LogP contribution in [-0.2, 0) is 4.74 Å². The summed E-state index contributed by atoms with van der Waals surface area (Å²) < 4.78 is 5.56. The van der Waals surface area contributed by atoms with Crippen LogP contribution in [0.1, 0.15) is 45.2 Å². The molecule has 2 aromatic carbocycles. The van der Waals surface area contributed by atoms with Crippen LogP contribution in [0.4, 0.5) is 4.79 Å². The van der Waals surface area contributed by atoms with E-state index in [0.29, 0.717) is 6.54 Å². The van der Waals surface area contributed by atoms with E-state index in [-0.39, 0.29) is 18.2 Å². The highest BCUT2D eigenvalue weighted by atomic mass is 16.6. The van der Waals surface area contributed by atoms with Crippen LogP contribution in [0.15, 0.2) is 54.6 Å². The van der Waals surface area contributed by atoms with Crippen molar-refractivity contribution in [1.82, 2.24) is 4.90 Å². The van der Waals surface area contributed by atoms with Crippen molar-refractivity contribution in [1.29, 1.82) is 0 Å². The summed E-state index contributed by atoms with van der Waals surface area (Å²) in [4.78, 5) is 14.3. The van der Waals surface area contributed by atoms with Gasteiger partial charge in [-0.15, -0.1) is 0 Å². The van der Waals surface area contributed by atoms with Gasteiger partial charge in [-0.3, -0.25) is 0 Å². The number of nitrogens with zero attached hydrogens (tertiary/aromatic N) is 1. The van der Waals surface area contributed by atoms with E-state index in [1.54, 1.807) is 4.90 Å². The minimum Gasteiger partial charge on any atom is -0.444 e. The van der Waals surface area contributed by atoms with Gasteiger partial charge in [0.2, 0.25) is 0 Å². The minimum absolute atomic E-state index is 0.0316. The summed E-state index contributed by atoms with van der Waals surface area (Å²) in [7, 11) is 0. The Kier molecular flexibility index (Phi) is 5.33. The highest BCUT2D eigenvalue weighted by Crippen LogP contribution is 2.31. The maximum absolute atomic E-state index is 12.5. The monoisotopic (exact) mass is 352 g/mol. The van der Waals surface area contributed by atoms with Crippen molar-refractivity contribution in [3.63, 3.8) is 0 Å². The van der Waals surface area contributed by atoms with Gasteiger partial charge in [0.05, 0.1) is 12.1 Å². The molecule has 1 heterocycles. The van der Waals surface area contributed by atoms with Gasteiger partial charge in [-0.05, 0) is 56.4 Å². The number of benzene rings is 2. The number of amides is 1. The van der Waals surface area contributed by atoms with Crippen LogP contribution < -0.4 is 5.73 Å². The van der Waals surface area contributed by atoms with Crippen LogP contribution in [0.3, 0.4) is 0 Å². The number of carbonyl (C=O) groups excluding carboxylic acids is 1. The molecule has 0 aromatic heterocycles. The second kappa shape index (κ2) is 7.50. The summed E-state index contributed by atoms with van der Waals surface area (Å²) in [6.45, 7) is 6.36. The zero-order valence-electron chi connectivity index (χ0n) is 15.8. The lowest BCUT2D eigenvalue weighted by Gasteiger charge is -2.32. The van der Waals surface area contributed by atoms with E-state index < -0.39 is 5.60 Å². The number of hydrogen-bond acceptors (Lipinski definition) is 3. The van der Waals surface area contributed by atoms with Gasteiger partial charge < -0.3 is 15.4 Å². The molecule has 1 fully saturated rings. The van der Waals surface area contributed by atoms with Gasteiger partial charge >= 0.3 is 6.09 Å². The van der Waals surface area contributed by atoms with Gasteiger partial charge in [0, 0.05) is 6.54 Å². The van der Waals surface area contributed by atoms with Gasteiger partial charge in [0.1, 0.15) is 5.60 Å². The molecule has 2 N–H and O–H groups in total. The van der Waals surface area contributed by atoms with E-state index in [1.165, 1.54) is 0 Å². The number of likely N-dealkylation sites (tertiary alicyclic amines) is 1. The molecule has 4 nitrogen and oxygen atoms in total. The Balaban J connectivity index is 1.80. The molecule has 1 aliphatic rings. The van der Waals surface area contributed by atoms with Gasteiger partial charge in [-0.2, -0.15) is 0 Å². The van der Waals surface area contributed by atoms with Crippen LogP contribution in [-0.4, -0.2) is 29.2 Å². The second-order valence-corrected chi connectivity index (χ2v) is 7.90. The first kappa shape index (κ1) is 18.5. The predicted molar refractivity (Wildman–Crippen MR) is 105 cm³/mol. The van der Waals surface area contributed by atoms with Crippen molar-refractivity contribution in [2.75, 3.05) is 6.54 Å². The normalized spacial score (nSPS) is 18.6. The molecule has 1 aliphatic heterocycles. The number of rotatable bonds is 3. The van der Waals surface area contributed by atoms with Crippen molar-refractivity contribution in [2.24, 2.45) is 5.73 Å². The fourth-order valence-electron chi connectivity index (χ4n) is 3.49. The summed E-state index contributed by atoms with van der Waals surface area (Å²) in [5, 5.41) is 0. The molecule has 1 saturated heterocycles. The van der Waals surface area contributed by atoms with Crippen molar-refractivity contribution in [3.05, 3.63) is 60.2 Å². The third-order valence-corrected chi connectivity index (χ3v) is 4.72. The third-order valence-electron chi connectivity index (χ3n) is 4.72. The highest BCUT2D eigenvalue weighted by molar-refractivity contribution is 5.69. The molecule has 3 rings (SSSR count). The Bertz CT molecular complexity index is 752. The van der Waals surface area contributed by atoms with Gasteiger partial charge in [-0.25, -0.2) is 4.79 Å². The third kappa shape index (κ3) is 4.25. The summed E-state index contributed by atoms with van der Waals surface area (Å²) >= 11 is 0. The zero-order chi connectivity index (χ0) is 18.7. The molecule has 0 saturated carbocycles. The molecule has 2 aromatic rings. The van der Waals surface area contributed by atoms with E-state index in [1.807, 2.05) is 51.1 Å². The largest absolute Gasteiger partial charge is 0.444 e. The van der Waals surface area contributed by atoms with Crippen LogP contribution in [0, 0.1) is 0 Å². The number of hydrogen-bond donors (Lipinski definition) is 1. The molecule has 1 unspecified atom stereocenters. The first-order chi connectivity index (χ1) is 12.3. The number of nitrogens with two attached hydrogens (primary N) is 1. The lowest BCUT2D eigenvalue weighted by molar-refractivity contribution is 0.0206. The van der Waals surface area contributed by atoms with Gasteiger partial charge in [0.15, 0.2) is 0 Å². The Hall–Kier alpha value is -2.33. The lowest BCUT2D eigenvalue weighted by atomic mass is 9.95. The molecule has 1 amide bonds. The van der Waals surface area contributed by atoms with Crippen LogP contribution in [0.2, 0.25) is 0 Å². The second-order valence-electron chi connectivity index (χ2n) is 7.90. The molecular weight excluding hydrogens is 324 g/mol. The average Bonchev–Trinajstić information content (AvgIpc) is 3.10. The van der Waals surface area contributed by atoms with Crippen molar-refractivity contribution in [3.8, 4) is 11.1 Å². The van der Waals surface area contributed by atoms with Gasteiger partial charge in [-0.1, -0.05) is 48.5 Å². The summed E-state index contributed by atoms with van der Waals surface area (Å²) in [5.74, 6) is 0. The fourth-order valence-corrected chi connectivity index (χ4v) is 3.49. The Morgan fingerprint density at radius 1 is 1.12 bits per heavy atom. The highest BCUT2D eigenvalue weighted by Gasteiger charge is 2.36. The maximum atomic E-state index is 12.5. The van der Waals surface area contributed by atoms with Crippen LogP contribution >= 0.6 is 0 Å². The number of ether oxygens (including phenoxy) is 1. The molecule has 26 heavy (non-hydrogen) atoms. The topological polar surface area (TPSA) is 55.6 Å². The SMILES string of the molecule is CC(C)(C)OC(=O)N1CCCC1[C@@H](N)c1cccc(-c2ccccc2)c1. The molecule has 0 bridgehead atoms. The molecule has 138 valence electrons. The molecule has 0 aliphatic carbocycles. The lowest BCUT2D eigenvalue weighted by Crippen LogP contribution is -2.44. The Morgan fingerprint density at radius 3 is 2.50 bits per heavy atom. The average molecular weight is 352 g/mol. The van der Waals surface area contributed by atoms with Crippen LogP contribution in [0.25, 0.3) is 11.1 Å². The van der Waals surface area contributed by atoms with E-state index in [2.05, 4.69) is 24.3 Å². The molecule has 4 heteroatoms. The Morgan fingerprint density at radius 2 is 1.81 bits per heavy atom. The fraction of sp³-hybridized carbons (Fsp3) is 0.409. The summed E-state index contributed by atoms with van der Waals surface area (Å²) in [6, 6.07) is 18.3. The maximum Gasteiger partial charge on any atom is 0.410 e. The minimum atomic E-state index is -0.498. The molecule has 0 spiro atoms. The zero-order valence-corrected chi connectivity index (χ0v) is 15.8. The van der Waals surface area contributed by atoms with E-state index in [9.17, 15) is 4.79 Å². The summed E-state index contributed by atoms with van der Waals surface area (Å²) in [5.41, 5.74) is 9.44. The molecular formula is C22H28N2O2. The van der Waals surface area contributed by atoms with Crippen LogP contribution in [0.5, 0.6) is 0 Å². The van der Waals surface area contributed by atoms with E-state index in [4.69, 9.17) is 10.5 Å². The Labute approximate surface area is 156 Å². The predicted octanol–water partition coefficient (Wildman–Crippen LogP) is 4.75. The standard InChI is InChI=1S/C22H28N2O2/c1-22(2,3)26-21(25)24-14-8-13-19(24)20(23)18-12-7-11-17(15-18)16-9-5-4-6-10-16/h4-7,9-12,15,19-20H,8,13-14,23H2,1-3H3/t19?,20-/m0/s1. The first-order valence-electron chi connectivity index (χ1n) is 9.26. The summed E-state index contributed by atoms with van der Waals surface area (Å²) in [6.07, 6.45) is 1.58. The van der Waals surface area contributed by atoms with Crippen molar-refractivity contribution >= 4 is 6.09 Å². The van der Waals surface area contributed by atoms with Crippen molar-refractivity contribution in [2.45, 2.75) is 51.3 Å². The molecule has 0 radical (unpaired) electrons. The quantitative estimate of drug-likeness (QED) is 0.867. The first-order valence-corrected chi connectivity index (χ1v) is 9.26. The molecule has 2 atom stereocenters. The smallest absolute Gasteiger partial charge is 0.410 e. The number of carbonyl (C=O) groups is 1.